The average molecular weight is 344 g/mol. The summed E-state index contributed by atoms with van der Waals surface area (Å²) in [6, 6.07) is 0. The van der Waals surface area contributed by atoms with Crippen LogP contribution in [0.2, 0.25) is 0 Å². The maximum Gasteiger partial charge on any atom is 0.167 e. The van der Waals surface area contributed by atoms with Gasteiger partial charge in [0, 0.05) is 18.7 Å². The van der Waals surface area contributed by atoms with Gasteiger partial charge < -0.3 is 24.2 Å². The molecule has 0 amide bonds. The number of hydrogen-bond acceptors (Lipinski definition) is 8. The number of imidazole rings is 1. The number of aliphatic hydroxyl groups excluding tert-OH is 2. The number of anilines is 1. The topological polar surface area (TPSA) is 113 Å². The zero-order valence-corrected chi connectivity index (χ0v) is 13.8. The fraction of sp³-hybridized carbons (Fsp3) is 0.500. The lowest BCUT2D eigenvalue weighted by Crippen LogP contribution is -2.30. The number of rotatable bonds is 5. The van der Waals surface area contributed by atoms with Crippen LogP contribution in [0.3, 0.4) is 0 Å². The molecule has 0 aliphatic carbocycles. The highest BCUT2D eigenvalue weighted by Gasteiger charge is 2.20. The van der Waals surface area contributed by atoms with Crippen molar-refractivity contribution in [3.63, 3.8) is 0 Å². The van der Waals surface area contributed by atoms with E-state index in [0.29, 0.717) is 23.4 Å². The van der Waals surface area contributed by atoms with Crippen LogP contribution in [0, 0.1) is 0 Å². The Morgan fingerprint density at radius 2 is 1.88 bits per heavy atom. The van der Waals surface area contributed by atoms with Gasteiger partial charge >= 0.3 is 0 Å². The fourth-order valence-electron chi connectivity index (χ4n) is 3.29. The average Bonchev–Trinajstić information content (AvgIpc) is 3.26. The van der Waals surface area contributed by atoms with Gasteiger partial charge in [-0.25, -0.2) is 15.0 Å². The molecule has 3 aromatic rings. The summed E-state index contributed by atoms with van der Waals surface area (Å²) < 4.78 is 6.93. The van der Waals surface area contributed by atoms with Gasteiger partial charge in [-0.15, -0.1) is 0 Å². The second-order valence-corrected chi connectivity index (χ2v) is 6.14. The minimum atomic E-state index is -0.297. The third kappa shape index (κ3) is 2.85. The SMILES string of the molecule is OCc1onc(Cn2cnc3c(N4CCCCC4)ncnc32)c1CO. The third-order valence-electron chi connectivity index (χ3n) is 4.61. The molecule has 0 unspecified atom stereocenters. The maximum atomic E-state index is 9.51. The van der Waals surface area contributed by atoms with E-state index in [2.05, 4.69) is 25.0 Å². The first-order valence-corrected chi connectivity index (χ1v) is 8.40. The van der Waals surface area contributed by atoms with Crippen LogP contribution in [0.5, 0.6) is 0 Å². The largest absolute Gasteiger partial charge is 0.391 e. The molecular weight excluding hydrogens is 324 g/mol. The molecule has 1 aliphatic heterocycles. The van der Waals surface area contributed by atoms with Crippen LogP contribution in [0.25, 0.3) is 11.2 Å². The van der Waals surface area contributed by atoms with Gasteiger partial charge in [0.1, 0.15) is 18.6 Å². The first-order chi connectivity index (χ1) is 12.3. The highest BCUT2D eigenvalue weighted by atomic mass is 16.5. The number of piperidine rings is 1. The number of hydrogen-bond donors (Lipinski definition) is 2. The van der Waals surface area contributed by atoms with Crippen molar-refractivity contribution >= 4 is 17.0 Å². The highest BCUT2D eigenvalue weighted by Crippen LogP contribution is 2.25. The molecule has 0 bridgehead atoms. The molecule has 132 valence electrons. The van der Waals surface area contributed by atoms with Crippen LogP contribution in [0.4, 0.5) is 5.82 Å². The van der Waals surface area contributed by atoms with E-state index in [9.17, 15) is 10.2 Å². The van der Waals surface area contributed by atoms with Gasteiger partial charge in [-0.05, 0) is 19.3 Å². The summed E-state index contributed by atoms with van der Waals surface area (Å²) in [4.78, 5) is 15.6. The standard InChI is InChI=1S/C16H20N6O3/c23-7-11-12(20-25-13(11)8-24)6-22-10-19-14-15(17-9-18-16(14)22)21-4-2-1-3-5-21/h9-10,23-24H,1-8H2. The Morgan fingerprint density at radius 3 is 2.64 bits per heavy atom. The lowest BCUT2D eigenvalue weighted by atomic mass is 10.1. The Labute approximate surface area is 143 Å². The third-order valence-corrected chi connectivity index (χ3v) is 4.61. The van der Waals surface area contributed by atoms with E-state index in [1.165, 1.54) is 6.42 Å². The molecule has 1 saturated heterocycles. The molecule has 0 radical (unpaired) electrons. The van der Waals surface area contributed by atoms with Crippen molar-refractivity contribution in [3.8, 4) is 0 Å². The molecule has 1 aliphatic rings. The summed E-state index contributed by atoms with van der Waals surface area (Å²) >= 11 is 0. The van der Waals surface area contributed by atoms with Crippen molar-refractivity contribution in [2.75, 3.05) is 18.0 Å². The molecular formula is C16H20N6O3. The minimum absolute atomic E-state index is 0.241. The van der Waals surface area contributed by atoms with Crippen molar-refractivity contribution in [1.29, 1.82) is 0 Å². The minimum Gasteiger partial charge on any atom is -0.391 e. The van der Waals surface area contributed by atoms with E-state index in [-0.39, 0.29) is 19.0 Å². The summed E-state index contributed by atoms with van der Waals surface area (Å²) in [5.41, 5.74) is 2.55. The molecule has 4 heterocycles. The van der Waals surface area contributed by atoms with Gasteiger partial charge in [0.25, 0.3) is 0 Å². The van der Waals surface area contributed by atoms with E-state index in [0.717, 1.165) is 37.3 Å². The summed E-state index contributed by atoms with van der Waals surface area (Å²) in [7, 11) is 0. The molecule has 0 saturated carbocycles. The smallest absolute Gasteiger partial charge is 0.167 e. The number of fused-ring (bicyclic) bond motifs is 1. The predicted molar refractivity (Wildman–Crippen MR) is 88.8 cm³/mol. The normalized spacial score (nSPS) is 15.2. The van der Waals surface area contributed by atoms with Crippen molar-refractivity contribution in [2.24, 2.45) is 0 Å². The monoisotopic (exact) mass is 344 g/mol. The Morgan fingerprint density at radius 1 is 1.04 bits per heavy atom. The first-order valence-electron chi connectivity index (χ1n) is 8.40. The van der Waals surface area contributed by atoms with Gasteiger partial charge in [-0.2, -0.15) is 0 Å². The summed E-state index contributed by atoms with van der Waals surface area (Å²) in [5, 5.41) is 22.7. The maximum absolute atomic E-state index is 9.51. The van der Waals surface area contributed by atoms with E-state index in [1.807, 2.05) is 4.57 Å². The summed E-state index contributed by atoms with van der Waals surface area (Å²) in [6.07, 6.45) is 6.83. The Kier molecular flexibility index (Phi) is 4.33. The quantitative estimate of drug-likeness (QED) is 0.700. The van der Waals surface area contributed by atoms with Gasteiger partial charge in [-0.3, -0.25) is 0 Å². The zero-order chi connectivity index (χ0) is 17.2. The van der Waals surface area contributed by atoms with Gasteiger partial charge in [-0.1, -0.05) is 5.16 Å². The van der Waals surface area contributed by atoms with Crippen LogP contribution >= 0.6 is 0 Å². The molecule has 1 fully saturated rings. The van der Waals surface area contributed by atoms with Crippen LogP contribution in [0.15, 0.2) is 17.2 Å². The van der Waals surface area contributed by atoms with Crippen molar-refractivity contribution in [3.05, 3.63) is 29.7 Å². The van der Waals surface area contributed by atoms with E-state index >= 15 is 0 Å². The number of aromatic nitrogens is 5. The molecule has 9 heteroatoms. The molecule has 25 heavy (non-hydrogen) atoms. The van der Waals surface area contributed by atoms with E-state index < -0.39 is 0 Å². The fourth-order valence-corrected chi connectivity index (χ4v) is 3.29. The van der Waals surface area contributed by atoms with Crippen LogP contribution < -0.4 is 4.90 Å². The van der Waals surface area contributed by atoms with Crippen LogP contribution in [0.1, 0.15) is 36.3 Å². The molecule has 0 aromatic carbocycles. The van der Waals surface area contributed by atoms with Crippen molar-refractivity contribution in [1.82, 2.24) is 24.7 Å². The molecule has 0 atom stereocenters. The first kappa shape index (κ1) is 16.0. The Balaban J connectivity index is 1.68. The Hall–Kier alpha value is -2.52. The second kappa shape index (κ2) is 6.77. The van der Waals surface area contributed by atoms with Crippen LogP contribution in [-0.2, 0) is 19.8 Å². The van der Waals surface area contributed by atoms with Gasteiger partial charge in [0.2, 0.25) is 0 Å². The molecule has 3 aromatic heterocycles. The van der Waals surface area contributed by atoms with Gasteiger partial charge in [0.05, 0.1) is 19.5 Å². The number of nitrogens with zero attached hydrogens (tertiary/aromatic N) is 6. The van der Waals surface area contributed by atoms with Crippen LogP contribution in [-0.4, -0.2) is 48.0 Å². The highest BCUT2D eigenvalue weighted by molar-refractivity contribution is 5.83. The molecule has 2 N–H and O–H groups in total. The van der Waals surface area contributed by atoms with Crippen molar-refractivity contribution < 1.29 is 14.7 Å². The lowest BCUT2D eigenvalue weighted by Gasteiger charge is -2.27. The predicted octanol–water partition coefficient (Wildman–Crippen LogP) is 0.837. The Bertz CT molecular complexity index is 868. The zero-order valence-electron chi connectivity index (χ0n) is 13.8. The number of aliphatic hydroxyl groups is 2. The van der Waals surface area contributed by atoms with Crippen molar-refractivity contribution in [2.45, 2.75) is 39.0 Å². The second-order valence-electron chi connectivity index (χ2n) is 6.14. The van der Waals surface area contributed by atoms with E-state index in [1.54, 1.807) is 12.7 Å². The van der Waals surface area contributed by atoms with Gasteiger partial charge in [0.15, 0.2) is 22.7 Å². The lowest BCUT2D eigenvalue weighted by molar-refractivity contribution is 0.218. The van der Waals surface area contributed by atoms with E-state index in [4.69, 9.17) is 4.52 Å². The molecule has 4 rings (SSSR count). The molecule has 0 spiro atoms. The summed E-state index contributed by atoms with van der Waals surface area (Å²) in [5.74, 6) is 1.15. The molecule has 9 nitrogen and oxygen atoms in total. The summed E-state index contributed by atoms with van der Waals surface area (Å²) in [6.45, 7) is 1.78.